The zero-order chi connectivity index (χ0) is 35.7. The molecule has 8 aromatic rings. The lowest BCUT2D eigenvalue weighted by Gasteiger charge is -2.31. The molecule has 0 N–H and O–H groups in total. The number of benzene rings is 6. The van der Waals surface area contributed by atoms with Gasteiger partial charge in [-0.2, -0.15) is 0 Å². The number of hydrogen-bond donors (Lipinski definition) is 0. The van der Waals surface area contributed by atoms with Crippen molar-refractivity contribution >= 4 is 46.2 Å². The van der Waals surface area contributed by atoms with Crippen molar-refractivity contribution in [3.05, 3.63) is 138 Å². The number of aromatic nitrogens is 2. The fraction of sp³-hybridized carbons (Fsp3) is 0.229. The van der Waals surface area contributed by atoms with E-state index in [-0.39, 0.29) is 0 Å². The van der Waals surface area contributed by atoms with Crippen molar-refractivity contribution in [1.82, 2.24) is 9.55 Å². The number of fused-ring (bicyclic) bond motifs is 5. The zero-order valence-electron chi connectivity index (χ0n) is 31.1. The molecule has 258 valence electrons. The topological polar surface area (TPSA) is 31.0 Å². The first-order chi connectivity index (χ1) is 25.2. The van der Waals surface area contributed by atoms with E-state index in [1.54, 1.807) is 10.8 Å². The molecule has 6 aromatic carbocycles. The summed E-state index contributed by atoms with van der Waals surface area (Å²) in [5.41, 5.74) is 15.3. The van der Waals surface area contributed by atoms with Crippen LogP contribution in [0, 0.1) is 0 Å². The molecular weight excluding hydrogens is 649 g/mol. The summed E-state index contributed by atoms with van der Waals surface area (Å²) in [6.07, 6.45) is 2.50. The largest absolute Gasteiger partial charge is 0.455 e. The van der Waals surface area contributed by atoms with Crippen molar-refractivity contribution in [3.63, 3.8) is 0 Å². The van der Waals surface area contributed by atoms with Crippen LogP contribution in [0.2, 0.25) is 19.1 Å². The molecule has 3 nitrogen and oxygen atoms in total. The van der Waals surface area contributed by atoms with E-state index < -0.39 is 8.07 Å². The van der Waals surface area contributed by atoms with Gasteiger partial charge in [0.15, 0.2) is 0 Å². The Morgan fingerprint density at radius 3 is 2.13 bits per heavy atom. The van der Waals surface area contributed by atoms with Crippen molar-refractivity contribution in [3.8, 4) is 39.3 Å². The van der Waals surface area contributed by atoms with Gasteiger partial charge >= 0.3 is 0 Å². The highest BCUT2D eigenvalue weighted by atomic mass is 28.3. The fourth-order valence-electron chi connectivity index (χ4n) is 8.70. The first-order valence-corrected chi connectivity index (χ1v) is 22.2. The highest BCUT2D eigenvalue weighted by Gasteiger charge is 2.30. The fourth-order valence-corrected chi connectivity index (χ4v) is 11.6. The predicted octanol–water partition coefficient (Wildman–Crippen LogP) is 13.0. The molecule has 0 radical (unpaired) electrons. The van der Waals surface area contributed by atoms with Crippen LogP contribution in [0.15, 0.2) is 126 Å². The summed E-state index contributed by atoms with van der Waals surface area (Å²) in [6.45, 7) is 14.4. The first-order valence-electron chi connectivity index (χ1n) is 19.0. The van der Waals surface area contributed by atoms with Crippen LogP contribution in [-0.4, -0.2) is 17.6 Å². The standard InChI is InChI=1S/C48H46N2OSi/c1-30(2)40-27-36(33-22-24-45-35(26-33)16-13-25-52(45,5)6)28-41(31(3)4)46(40)50-43-20-11-10-19-42(43)49-48(50)39-18-12-17-38-37-23-21-34(29-44(37)51-47(38)39)32-14-8-7-9-15-32/h7-12,14-15,17-24,26-31H,13,16,25H2,1-6H3. The third-order valence-corrected chi connectivity index (χ3v) is 15.0. The second-order valence-electron chi connectivity index (χ2n) is 16.0. The van der Waals surface area contributed by atoms with Crippen molar-refractivity contribution in [1.29, 1.82) is 0 Å². The first kappa shape index (κ1) is 32.7. The molecule has 1 aliphatic rings. The number of aryl methyl sites for hydroxylation is 1. The van der Waals surface area contributed by atoms with E-state index in [9.17, 15) is 0 Å². The van der Waals surface area contributed by atoms with E-state index in [4.69, 9.17) is 9.40 Å². The van der Waals surface area contributed by atoms with Crippen LogP contribution in [0.1, 0.15) is 62.6 Å². The molecule has 4 heteroatoms. The molecule has 0 aliphatic carbocycles. The van der Waals surface area contributed by atoms with Crippen molar-refractivity contribution in [2.24, 2.45) is 0 Å². The summed E-state index contributed by atoms with van der Waals surface area (Å²) in [7, 11) is -1.37. The second kappa shape index (κ2) is 12.5. The highest BCUT2D eigenvalue weighted by Crippen LogP contribution is 2.43. The monoisotopic (exact) mass is 694 g/mol. The van der Waals surface area contributed by atoms with Gasteiger partial charge in [-0.15, -0.1) is 0 Å². The Kier molecular flexibility index (Phi) is 7.85. The lowest BCUT2D eigenvalue weighted by Crippen LogP contribution is -2.46. The maximum Gasteiger partial charge on any atom is 0.149 e. The highest BCUT2D eigenvalue weighted by molar-refractivity contribution is 6.90. The Morgan fingerprint density at radius 1 is 0.654 bits per heavy atom. The molecule has 0 saturated carbocycles. The quantitative estimate of drug-likeness (QED) is 0.162. The Labute approximate surface area is 308 Å². The molecule has 0 spiro atoms. The molecule has 52 heavy (non-hydrogen) atoms. The summed E-state index contributed by atoms with van der Waals surface area (Å²) < 4.78 is 9.26. The molecule has 0 unspecified atom stereocenters. The summed E-state index contributed by atoms with van der Waals surface area (Å²) in [4.78, 5) is 5.39. The Bertz CT molecular complexity index is 2610. The predicted molar refractivity (Wildman–Crippen MR) is 223 cm³/mol. The van der Waals surface area contributed by atoms with Crippen LogP contribution < -0.4 is 5.19 Å². The van der Waals surface area contributed by atoms with E-state index in [0.29, 0.717) is 11.8 Å². The minimum atomic E-state index is -1.37. The van der Waals surface area contributed by atoms with Gasteiger partial charge in [0.2, 0.25) is 0 Å². The van der Waals surface area contributed by atoms with Crippen LogP contribution in [0.4, 0.5) is 0 Å². The molecule has 0 fully saturated rings. The van der Waals surface area contributed by atoms with E-state index in [2.05, 4.69) is 167 Å². The molecule has 0 amide bonds. The average molecular weight is 695 g/mol. The minimum Gasteiger partial charge on any atom is -0.455 e. The number of imidazole rings is 1. The van der Waals surface area contributed by atoms with E-state index in [1.807, 2.05) is 0 Å². The number of para-hydroxylation sites is 3. The second-order valence-corrected chi connectivity index (χ2v) is 20.8. The number of rotatable bonds is 6. The van der Waals surface area contributed by atoms with Crippen LogP contribution in [0.25, 0.3) is 72.3 Å². The van der Waals surface area contributed by atoms with Gasteiger partial charge in [-0.25, -0.2) is 4.98 Å². The van der Waals surface area contributed by atoms with Gasteiger partial charge in [0.1, 0.15) is 17.0 Å². The van der Waals surface area contributed by atoms with Crippen LogP contribution in [0.5, 0.6) is 0 Å². The van der Waals surface area contributed by atoms with Crippen molar-refractivity contribution in [2.75, 3.05) is 0 Å². The van der Waals surface area contributed by atoms with Gasteiger partial charge < -0.3 is 4.42 Å². The van der Waals surface area contributed by atoms with Crippen LogP contribution in [0.3, 0.4) is 0 Å². The Balaban J connectivity index is 1.28. The maximum atomic E-state index is 6.83. The van der Waals surface area contributed by atoms with Crippen LogP contribution >= 0.6 is 0 Å². The molecule has 9 rings (SSSR count). The lowest BCUT2D eigenvalue weighted by molar-refractivity contribution is 0.669. The summed E-state index contributed by atoms with van der Waals surface area (Å²) >= 11 is 0. The van der Waals surface area contributed by atoms with Gasteiger partial charge in [0, 0.05) is 10.8 Å². The summed E-state index contributed by atoms with van der Waals surface area (Å²) in [5.74, 6) is 1.50. The number of nitrogens with zero attached hydrogens (tertiary/aromatic N) is 2. The third kappa shape index (κ3) is 5.35. The number of hydrogen-bond acceptors (Lipinski definition) is 2. The molecule has 0 atom stereocenters. The molecule has 0 saturated heterocycles. The normalized spacial score (nSPS) is 14.2. The van der Waals surface area contributed by atoms with Gasteiger partial charge in [-0.05, 0) is 99.7 Å². The van der Waals surface area contributed by atoms with E-state index in [1.165, 1.54) is 52.4 Å². The van der Waals surface area contributed by atoms with Crippen molar-refractivity contribution < 1.29 is 4.42 Å². The average Bonchev–Trinajstić information content (AvgIpc) is 3.72. The van der Waals surface area contributed by atoms with Crippen molar-refractivity contribution in [2.45, 2.75) is 71.5 Å². The van der Waals surface area contributed by atoms with E-state index in [0.717, 1.165) is 49.9 Å². The minimum absolute atomic E-state index is 0.295. The zero-order valence-corrected chi connectivity index (χ0v) is 32.1. The molecule has 3 heterocycles. The SMILES string of the molecule is CC(C)c1cc(-c2ccc3c(c2)CCC[Si]3(C)C)cc(C(C)C)c1-n1c(-c2cccc3c2oc2cc(-c4ccccc4)ccc23)nc2ccccc21. The Morgan fingerprint density at radius 2 is 1.37 bits per heavy atom. The number of furan rings is 1. The van der Waals surface area contributed by atoms with Crippen LogP contribution in [-0.2, 0) is 6.42 Å². The Hall–Kier alpha value is -5.19. The molecule has 2 aromatic heterocycles. The molecular formula is C48H46N2OSi. The van der Waals surface area contributed by atoms with Gasteiger partial charge in [-0.3, -0.25) is 4.57 Å². The van der Waals surface area contributed by atoms with E-state index >= 15 is 0 Å². The van der Waals surface area contributed by atoms with Gasteiger partial charge in [0.05, 0.1) is 30.4 Å². The molecule has 1 aliphatic heterocycles. The third-order valence-electron chi connectivity index (χ3n) is 11.5. The molecule has 0 bridgehead atoms. The summed E-state index contributed by atoms with van der Waals surface area (Å²) in [5, 5.41) is 3.87. The van der Waals surface area contributed by atoms with Gasteiger partial charge in [0.25, 0.3) is 0 Å². The van der Waals surface area contributed by atoms with Gasteiger partial charge in [-0.1, -0.05) is 137 Å². The lowest BCUT2D eigenvalue weighted by atomic mass is 9.87. The maximum absolute atomic E-state index is 6.83. The smallest absolute Gasteiger partial charge is 0.149 e. The summed E-state index contributed by atoms with van der Waals surface area (Å²) in [6, 6.07) is 45.9.